The van der Waals surface area contributed by atoms with Crippen LogP contribution in [-0.4, -0.2) is 27.9 Å². The Kier molecular flexibility index (Phi) is 3.19. The predicted octanol–water partition coefficient (Wildman–Crippen LogP) is 2.17. The highest BCUT2D eigenvalue weighted by atomic mass is 16.5. The highest BCUT2D eigenvalue weighted by molar-refractivity contribution is 5.55. The molecule has 0 amide bonds. The van der Waals surface area contributed by atoms with Gasteiger partial charge in [0.2, 0.25) is 0 Å². The zero-order chi connectivity index (χ0) is 11.5. The van der Waals surface area contributed by atoms with Crippen LogP contribution < -0.4 is 14.2 Å². The van der Waals surface area contributed by atoms with Crippen molar-refractivity contribution >= 4 is 0 Å². The lowest BCUT2D eigenvalue weighted by Crippen LogP contribution is -2.17. The van der Waals surface area contributed by atoms with E-state index in [1.807, 2.05) is 12.1 Å². The second-order valence-electron chi connectivity index (χ2n) is 3.57. The van der Waals surface area contributed by atoms with Crippen molar-refractivity contribution in [3.05, 3.63) is 17.7 Å². The zero-order valence-electron chi connectivity index (χ0n) is 9.78. The van der Waals surface area contributed by atoms with E-state index in [4.69, 9.17) is 18.9 Å². The molecule has 88 valence electrons. The van der Waals surface area contributed by atoms with E-state index in [0.717, 1.165) is 29.2 Å². The number of benzene rings is 1. The SMILES string of the molecule is COc1ccc(OC)c2c1OCCC2OC. The highest BCUT2D eigenvalue weighted by Crippen LogP contribution is 2.45. The Hall–Kier alpha value is -1.42. The summed E-state index contributed by atoms with van der Waals surface area (Å²) < 4.78 is 21.7. The van der Waals surface area contributed by atoms with Crippen LogP contribution in [0.25, 0.3) is 0 Å². The molecule has 16 heavy (non-hydrogen) atoms. The third-order valence-electron chi connectivity index (χ3n) is 2.79. The third-order valence-corrected chi connectivity index (χ3v) is 2.79. The van der Waals surface area contributed by atoms with E-state index < -0.39 is 0 Å². The summed E-state index contributed by atoms with van der Waals surface area (Å²) in [5.74, 6) is 2.24. The molecule has 0 aliphatic carbocycles. The summed E-state index contributed by atoms with van der Waals surface area (Å²) in [6.07, 6.45) is 0.835. The molecule has 4 heteroatoms. The Labute approximate surface area is 95.1 Å². The van der Waals surface area contributed by atoms with Crippen LogP contribution in [0.4, 0.5) is 0 Å². The van der Waals surface area contributed by atoms with Crippen LogP contribution in [0, 0.1) is 0 Å². The molecule has 1 heterocycles. The van der Waals surface area contributed by atoms with Gasteiger partial charge in [-0.3, -0.25) is 0 Å². The number of hydrogen-bond acceptors (Lipinski definition) is 4. The van der Waals surface area contributed by atoms with Gasteiger partial charge in [0, 0.05) is 13.5 Å². The van der Waals surface area contributed by atoms with Gasteiger partial charge in [-0.2, -0.15) is 0 Å². The minimum Gasteiger partial charge on any atom is -0.496 e. The molecule has 0 fully saturated rings. The van der Waals surface area contributed by atoms with Crippen molar-refractivity contribution in [2.24, 2.45) is 0 Å². The lowest BCUT2D eigenvalue weighted by Gasteiger charge is -2.27. The van der Waals surface area contributed by atoms with Crippen LogP contribution in [-0.2, 0) is 4.74 Å². The quantitative estimate of drug-likeness (QED) is 0.788. The molecular formula is C12H16O4. The summed E-state index contributed by atoms with van der Waals surface area (Å²) in [5, 5.41) is 0. The average Bonchev–Trinajstić information content (AvgIpc) is 2.36. The third kappa shape index (κ3) is 1.69. The number of fused-ring (bicyclic) bond motifs is 1. The van der Waals surface area contributed by atoms with Gasteiger partial charge in [-0.15, -0.1) is 0 Å². The Morgan fingerprint density at radius 3 is 2.44 bits per heavy atom. The van der Waals surface area contributed by atoms with Gasteiger partial charge in [0.15, 0.2) is 11.5 Å². The Morgan fingerprint density at radius 2 is 1.81 bits per heavy atom. The van der Waals surface area contributed by atoms with Crippen molar-refractivity contribution in [3.63, 3.8) is 0 Å². The first-order chi connectivity index (χ1) is 7.81. The number of methoxy groups -OCH3 is 3. The minimum absolute atomic E-state index is 0.00815. The van der Waals surface area contributed by atoms with Gasteiger partial charge >= 0.3 is 0 Å². The molecule has 1 aromatic rings. The van der Waals surface area contributed by atoms with Crippen molar-refractivity contribution in [1.82, 2.24) is 0 Å². The summed E-state index contributed by atoms with van der Waals surface area (Å²) >= 11 is 0. The second kappa shape index (κ2) is 4.61. The molecule has 4 nitrogen and oxygen atoms in total. The molecule has 1 aromatic carbocycles. The number of ether oxygens (including phenoxy) is 4. The van der Waals surface area contributed by atoms with Crippen molar-refractivity contribution in [2.75, 3.05) is 27.9 Å². The Bertz CT molecular complexity index is 376. The van der Waals surface area contributed by atoms with E-state index in [0.29, 0.717) is 6.61 Å². The lowest BCUT2D eigenvalue weighted by atomic mass is 10.0. The van der Waals surface area contributed by atoms with E-state index >= 15 is 0 Å². The summed E-state index contributed by atoms with van der Waals surface area (Å²) in [5.41, 5.74) is 0.940. The minimum atomic E-state index is 0.00815. The molecule has 0 bridgehead atoms. The summed E-state index contributed by atoms with van der Waals surface area (Å²) in [6, 6.07) is 3.72. The Morgan fingerprint density at radius 1 is 1.12 bits per heavy atom. The fourth-order valence-electron chi connectivity index (χ4n) is 2.00. The maximum atomic E-state index is 5.64. The normalized spacial score (nSPS) is 18.6. The maximum absolute atomic E-state index is 5.64. The van der Waals surface area contributed by atoms with Crippen LogP contribution in [0.1, 0.15) is 18.1 Å². The molecule has 1 atom stereocenters. The van der Waals surface area contributed by atoms with Crippen molar-refractivity contribution < 1.29 is 18.9 Å². The number of rotatable bonds is 3. The first-order valence-electron chi connectivity index (χ1n) is 5.22. The largest absolute Gasteiger partial charge is 0.496 e. The van der Waals surface area contributed by atoms with Crippen LogP contribution in [0.2, 0.25) is 0 Å². The Balaban J connectivity index is 2.54. The van der Waals surface area contributed by atoms with Crippen molar-refractivity contribution in [2.45, 2.75) is 12.5 Å². The summed E-state index contributed by atoms with van der Waals surface area (Å²) in [4.78, 5) is 0. The second-order valence-corrected chi connectivity index (χ2v) is 3.57. The van der Waals surface area contributed by atoms with E-state index in [1.54, 1.807) is 21.3 Å². The molecule has 1 unspecified atom stereocenters. The van der Waals surface area contributed by atoms with Crippen LogP contribution in [0.3, 0.4) is 0 Å². The van der Waals surface area contributed by atoms with Gasteiger partial charge in [0.25, 0.3) is 0 Å². The molecular weight excluding hydrogens is 208 g/mol. The molecule has 0 N–H and O–H groups in total. The number of hydrogen-bond donors (Lipinski definition) is 0. The fraction of sp³-hybridized carbons (Fsp3) is 0.500. The maximum Gasteiger partial charge on any atom is 0.170 e. The van der Waals surface area contributed by atoms with Gasteiger partial charge in [-0.1, -0.05) is 0 Å². The molecule has 1 aliphatic heterocycles. The smallest absolute Gasteiger partial charge is 0.170 e. The predicted molar refractivity (Wildman–Crippen MR) is 59.4 cm³/mol. The van der Waals surface area contributed by atoms with Crippen molar-refractivity contribution in [1.29, 1.82) is 0 Å². The highest BCUT2D eigenvalue weighted by Gasteiger charge is 2.28. The zero-order valence-corrected chi connectivity index (χ0v) is 9.78. The first-order valence-corrected chi connectivity index (χ1v) is 5.22. The molecule has 2 rings (SSSR count). The standard InChI is InChI=1S/C12H16O4/c1-13-8-4-5-10(15-3)12-11(8)9(14-2)6-7-16-12/h4-5,9H,6-7H2,1-3H3. The molecule has 0 spiro atoms. The van der Waals surface area contributed by atoms with Gasteiger partial charge in [-0.25, -0.2) is 0 Å². The van der Waals surface area contributed by atoms with E-state index in [1.165, 1.54) is 0 Å². The average molecular weight is 224 g/mol. The van der Waals surface area contributed by atoms with Gasteiger partial charge in [0.1, 0.15) is 5.75 Å². The topological polar surface area (TPSA) is 36.9 Å². The van der Waals surface area contributed by atoms with E-state index in [2.05, 4.69) is 0 Å². The van der Waals surface area contributed by atoms with E-state index in [9.17, 15) is 0 Å². The molecule has 0 radical (unpaired) electrons. The molecule has 0 saturated heterocycles. The van der Waals surface area contributed by atoms with Crippen molar-refractivity contribution in [3.8, 4) is 17.2 Å². The monoisotopic (exact) mass is 224 g/mol. The van der Waals surface area contributed by atoms with Gasteiger partial charge < -0.3 is 18.9 Å². The van der Waals surface area contributed by atoms with Gasteiger partial charge in [0.05, 0.1) is 32.5 Å². The molecule has 0 aromatic heterocycles. The molecule has 0 saturated carbocycles. The van der Waals surface area contributed by atoms with Crippen LogP contribution >= 0.6 is 0 Å². The van der Waals surface area contributed by atoms with Crippen LogP contribution in [0.15, 0.2) is 12.1 Å². The van der Waals surface area contributed by atoms with E-state index in [-0.39, 0.29) is 6.10 Å². The fourth-order valence-corrected chi connectivity index (χ4v) is 2.00. The molecule has 1 aliphatic rings. The summed E-state index contributed by atoms with van der Waals surface area (Å²) in [7, 11) is 4.96. The summed E-state index contributed by atoms with van der Waals surface area (Å²) in [6.45, 7) is 0.634. The van der Waals surface area contributed by atoms with Gasteiger partial charge in [-0.05, 0) is 12.1 Å². The lowest BCUT2D eigenvalue weighted by molar-refractivity contribution is 0.0599. The first kappa shape index (κ1) is 11.1. The van der Waals surface area contributed by atoms with Crippen LogP contribution in [0.5, 0.6) is 17.2 Å².